The van der Waals surface area contributed by atoms with Crippen LogP contribution in [0.5, 0.6) is 0 Å². The molecule has 38 heavy (non-hydrogen) atoms. The Morgan fingerprint density at radius 2 is 1.84 bits per heavy atom. The SMILES string of the molecule is CN=C/C=C(\N)OCC(C)(C)O.CN=CN/C(=C/c1ccc(F)c(Cl)c1)C1CC2CC(O)CC2C1.NC=O. The maximum absolute atomic E-state index is 13.3. The molecule has 0 bridgehead atoms. The molecule has 2 fully saturated rings. The number of hydrogen-bond acceptors (Lipinski definition) is 7. The number of aliphatic imine (C=N–C) groups is 2. The summed E-state index contributed by atoms with van der Waals surface area (Å²) in [5.41, 5.74) is 10.7. The first-order valence-corrected chi connectivity index (χ1v) is 12.7. The summed E-state index contributed by atoms with van der Waals surface area (Å²) < 4.78 is 18.3. The number of primary amides is 1. The number of carbonyl (C=O) groups is 1. The Labute approximate surface area is 229 Å². The topological polar surface area (TPSA) is 156 Å². The van der Waals surface area contributed by atoms with E-state index < -0.39 is 11.4 Å². The van der Waals surface area contributed by atoms with E-state index in [0.717, 1.165) is 36.9 Å². The third-order valence-corrected chi connectivity index (χ3v) is 6.33. The number of fused-ring (bicyclic) bond motifs is 1. The van der Waals surface area contributed by atoms with Gasteiger partial charge in [0.2, 0.25) is 6.41 Å². The van der Waals surface area contributed by atoms with Crippen molar-refractivity contribution in [2.24, 2.45) is 39.2 Å². The van der Waals surface area contributed by atoms with Crippen LogP contribution in [0, 0.1) is 23.6 Å². The first-order chi connectivity index (χ1) is 17.9. The zero-order valence-electron chi connectivity index (χ0n) is 22.5. The van der Waals surface area contributed by atoms with Crippen molar-refractivity contribution in [2.45, 2.75) is 51.2 Å². The molecule has 2 aliphatic rings. The molecular weight excluding hydrogens is 513 g/mol. The summed E-state index contributed by atoms with van der Waals surface area (Å²) in [6, 6.07) is 4.76. The van der Waals surface area contributed by atoms with Gasteiger partial charge in [0, 0.05) is 32.1 Å². The van der Waals surface area contributed by atoms with E-state index in [1.807, 2.05) is 6.08 Å². The van der Waals surface area contributed by atoms with E-state index in [2.05, 4.69) is 21.0 Å². The van der Waals surface area contributed by atoms with Crippen molar-refractivity contribution in [3.8, 4) is 0 Å². The molecule has 2 atom stereocenters. The molecule has 0 heterocycles. The van der Waals surface area contributed by atoms with Gasteiger partial charge in [0.25, 0.3) is 0 Å². The molecule has 1 amide bonds. The van der Waals surface area contributed by atoms with Gasteiger partial charge in [0.15, 0.2) is 5.88 Å². The smallest absolute Gasteiger partial charge is 0.204 e. The number of rotatable bonds is 8. The van der Waals surface area contributed by atoms with Gasteiger partial charge in [-0.3, -0.25) is 14.8 Å². The van der Waals surface area contributed by atoms with Crippen LogP contribution < -0.4 is 16.8 Å². The Bertz CT molecular complexity index is 980. The van der Waals surface area contributed by atoms with Gasteiger partial charge in [-0.25, -0.2) is 4.39 Å². The van der Waals surface area contributed by atoms with Crippen LogP contribution in [0.25, 0.3) is 6.08 Å². The van der Waals surface area contributed by atoms with Crippen molar-refractivity contribution >= 4 is 36.6 Å². The molecule has 7 N–H and O–H groups in total. The van der Waals surface area contributed by atoms with E-state index in [4.69, 9.17) is 26.9 Å². The van der Waals surface area contributed by atoms with Gasteiger partial charge >= 0.3 is 0 Å². The monoisotopic (exact) mass is 553 g/mol. The number of benzene rings is 1. The van der Waals surface area contributed by atoms with Gasteiger partial charge in [-0.05, 0) is 81.1 Å². The minimum absolute atomic E-state index is 0.126. The quantitative estimate of drug-likeness (QED) is 0.144. The molecule has 9 nitrogen and oxygen atoms in total. The van der Waals surface area contributed by atoms with Gasteiger partial charge < -0.3 is 31.7 Å². The normalized spacial score (nSPS) is 23.4. The van der Waals surface area contributed by atoms with E-state index in [0.29, 0.717) is 17.8 Å². The molecule has 0 saturated heterocycles. The van der Waals surface area contributed by atoms with Crippen LogP contribution in [-0.2, 0) is 9.53 Å². The second kappa shape index (κ2) is 16.8. The van der Waals surface area contributed by atoms with Crippen LogP contribution >= 0.6 is 11.6 Å². The average Bonchev–Trinajstić information content (AvgIpc) is 3.39. The molecule has 2 unspecified atom stereocenters. The van der Waals surface area contributed by atoms with Crippen LogP contribution in [0.2, 0.25) is 5.02 Å². The van der Waals surface area contributed by atoms with Crippen molar-refractivity contribution in [1.29, 1.82) is 0 Å². The number of aliphatic hydroxyl groups excluding tert-OH is 1. The Hall–Kier alpha value is -2.95. The lowest BCUT2D eigenvalue weighted by molar-refractivity contribution is -0.106. The van der Waals surface area contributed by atoms with Crippen LogP contribution in [-0.4, -0.2) is 61.6 Å². The number of allylic oxidation sites excluding steroid dienone is 2. The highest BCUT2D eigenvalue weighted by atomic mass is 35.5. The molecule has 11 heteroatoms. The number of carbonyl (C=O) groups excluding carboxylic acids is 1. The van der Waals surface area contributed by atoms with Gasteiger partial charge in [-0.2, -0.15) is 0 Å². The Morgan fingerprint density at radius 3 is 2.34 bits per heavy atom. The molecule has 3 rings (SSSR count). The Morgan fingerprint density at radius 1 is 1.24 bits per heavy atom. The second-order valence-corrected chi connectivity index (χ2v) is 10.2. The third-order valence-electron chi connectivity index (χ3n) is 6.04. The van der Waals surface area contributed by atoms with Crippen molar-refractivity contribution in [2.75, 3.05) is 20.7 Å². The molecule has 2 aliphatic carbocycles. The van der Waals surface area contributed by atoms with Crippen molar-refractivity contribution < 1.29 is 24.1 Å². The number of nitrogens with one attached hydrogen (secondary N) is 1. The Kier molecular flexibility index (Phi) is 14.6. The minimum Gasteiger partial charge on any atom is -0.476 e. The number of nitrogens with two attached hydrogens (primary N) is 2. The third kappa shape index (κ3) is 12.5. The van der Waals surface area contributed by atoms with Gasteiger partial charge in [0.1, 0.15) is 12.4 Å². The lowest BCUT2D eigenvalue weighted by Gasteiger charge is -2.17. The summed E-state index contributed by atoms with van der Waals surface area (Å²) in [5.74, 6) is 1.48. The molecule has 0 aliphatic heterocycles. The average molecular weight is 554 g/mol. The zero-order chi connectivity index (χ0) is 28.7. The summed E-state index contributed by atoms with van der Waals surface area (Å²) in [4.78, 5) is 16.3. The fourth-order valence-corrected chi connectivity index (χ4v) is 4.68. The second-order valence-electron chi connectivity index (χ2n) is 9.83. The highest BCUT2D eigenvalue weighted by Crippen LogP contribution is 2.48. The molecule has 0 spiro atoms. The fraction of sp³-hybridized carbons (Fsp3) is 0.519. The number of halogens is 2. The largest absolute Gasteiger partial charge is 0.476 e. The maximum atomic E-state index is 13.3. The summed E-state index contributed by atoms with van der Waals surface area (Å²) >= 11 is 5.88. The first kappa shape index (κ1) is 33.1. The molecule has 1 aromatic carbocycles. The predicted octanol–water partition coefficient (Wildman–Crippen LogP) is 3.24. The highest BCUT2D eigenvalue weighted by Gasteiger charge is 2.42. The predicted molar refractivity (Wildman–Crippen MR) is 151 cm³/mol. The molecule has 212 valence electrons. The fourth-order valence-electron chi connectivity index (χ4n) is 4.49. The zero-order valence-corrected chi connectivity index (χ0v) is 23.2. The first-order valence-electron chi connectivity index (χ1n) is 12.3. The lowest BCUT2D eigenvalue weighted by Crippen LogP contribution is -2.27. The van der Waals surface area contributed by atoms with Crippen LogP contribution in [0.1, 0.15) is 45.1 Å². The maximum Gasteiger partial charge on any atom is 0.204 e. The molecule has 0 aromatic heterocycles. The minimum atomic E-state index is -0.859. The number of nitrogens with zero attached hydrogens (tertiary/aromatic N) is 2. The van der Waals surface area contributed by atoms with Crippen molar-refractivity contribution in [3.05, 3.63) is 52.3 Å². The van der Waals surface area contributed by atoms with Crippen molar-refractivity contribution in [3.63, 3.8) is 0 Å². The summed E-state index contributed by atoms with van der Waals surface area (Å²) in [6.07, 6.45) is 10.9. The van der Waals surface area contributed by atoms with E-state index in [9.17, 15) is 14.6 Å². The van der Waals surface area contributed by atoms with Crippen molar-refractivity contribution in [1.82, 2.24) is 5.32 Å². The Balaban J connectivity index is 0.000000408. The van der Waals surface area contributed by atoms with Crippen LogP contribution in [0.3, 0.4) is 0 Å². The summed E-state index contributed by atoms with van der Waals surface area (Å²) in [6.45, 7) is 3.47. The van der Waals surface area contributed by atoms with E-state index in [1.54, 1.807) is 46.4 Å². The number of hydrogen-bond donors (Lipinski definition) is 5. The summed E-state index contributed by atoms with van der Waals surface area (Å²) in [7, 11) is 3.36. The van der Waals surface area contributed by atoms with Gasteiger partial charge in [0.05, 0.1) is 23.1 Å². The number of ether oxygens (including phenoxy) is 1. The van der Waals surface area contributed by atoms with Gasteiger partial charge in [-0.15, -0.1) is 0 Å². The van der Waals surface area contributed by atoms with E-state index in [1.165, 1.54) is 18.4 Å². The molecule has 0 radical (unpaired) electrons. The standard InChI is InChI=1S/C18H22ClFN2O.C8H16N2O2.CH3NO/c1-21-10-22-18(5-11-2-3-17(20)16(19)4-11)14-6-12-8-15(23)9-13(12)7-14;1-8(2,11)6-12-7(9)4-5-10-3;2-1-3/h2-5,10,12-15,23H,6-9H2,1H3,(H,21,22);4-5,11H,6,9H2,1-3H3;1H,(H2,2,3)/b18-5+;7-4+,10-5?;. The molecular formula is C27H41ClFN5O4. The van der Waals surface area contributed by atoms with Gasteiger partial charge in [-0.1, -0.05) is 17.7 Å². The molecule has 1 aromatic rings. The van der Waals surface area contributed by atoms with Crippen LogP contribution in [0.15, 0.2) is 45.8 Å². The van der Waals surface area contributed by atoms with E-state index in [-0.39, 0.29) is 30.0 Å². The highest BCUT2D eigenvalue weighted by molar-refractivity contribution is 6.30. The number of aliphatic hydroxyl groups is 2. The molecule has 2 saturated carbocycles. The van der Waals surface area contributed by atoms with Crippen LogP contribution in [0.4, 0.5) is 4.39 Å². The van der Waals surface area contributed by atoms with E-state index >= 15 is 0 Å². The summed E-state index contributed by atoms with van der Waals surface area (Å²) in [5, 5.41) is 22.4. The lowest BCUT2D eigenvalue weighted by atomic mass is 9.97. The number of amides is 1.